The number of aliphatic hydroxyl groups is 1. The number of thiophene rings is 1. The maximum atomic E-state index is 11.2. The molecular formula is C16H18OS. The van der Waals surface area contributed by atoms with Gasteiger partial charge in [0.2, 0.25) is 0 Å². The standard InChI is InChI=1S/C16H18OS/c1-12-9-10-15(18-12)16(17)11-5-4-7-13-6-2-3-8-14(13)16/h2-3,6,8-10,17H,4-5,7,11H2,1H3. The molecule has 1 atom stereocenters. The van der Waals surface area contributed by atoms with Crippen molar-refractivity contribution in [1.82, 2.24) is 0 Å². The molecule has 0 saturated heterocycles. The molecule has 1 unspecified atom stereocenters. The van der Waals surface area contributed by atoms with E-state index in [1.54, 1.807) is 11.3 Å². The van der Waals surface area contributed by atoms with E-state index in [0.717, 1.165) is 29.7 Å². The van der Waals surface area contributed by atoms with E-state index in [0.29, 0.717) is 0 Å². The van der Waals surface area contributed by atoms with Gasteiger partial charge in [-0.15, -0.1) is 11.3 Å². The maximum Gasteiger partial charge on any atom is 0.124 e. The highest BCUT2D eigenvalue weighted by molar-refractivity contribution is 7.12. The van der Waals surface area contributed by atoms with E-state index >= 15 is 0 Å². The lowest BCUT2D eigenvalue weighted by Gasteiger charge is -2.28. The minimum Gasteiger partial charge on any atom is -0.380 e. The van der Waals surface area contributed by atoms with E-state index in [1.165, 1.54) is 16.9 Å². The molecule has 1 N–H and O–H groups in total. The molecule has 94 valence electrons. The van der Waals surface area contributed by atoms with Crippen LogP contribution in [-0.2, 0) is 12.0 Å². The highest BCUT2D eigenvalue weighted by Crippen LogP contribution is 2.41. The minimum atomic E-state index is -0.772. The topological polar surface area (TPSA) is 20.2 Å². The van der Waals surface area contributed by atoms with Crippen LogP contribution >= 0.6 is 11.3 Å². The summed E-state index contributed by atoms with van der Waals surface area (Å²) in [5, 5.41) is 11.2. The van der Waals surface area contributed by atoms with Crippen molar-refractivity contribution < 1.29 is 5.11 Å². The smallest absolute Gasteiger partial charge is 0.124 e. The number of aryl methyl sites for hydroxylation is 2. The SMILES string of the molecule is Cc1ccc(C2(O)CCCCc3ccccc32)s1. The van der Waals surface area contributed by atoms with Gasteiger partial charge in [0.1, 0.15) is 5.60 Å². The second-order valence-corrected chi connectivity index (χ2v) is 6.42. The summed E-state index contributed by atoms with van der Waals surface area (Å²) in [7, 11) is 0. The van der Waals surface area contributed by atoms with Crippen molar-refractivity contribution in [3.05, 3.63) is 57.3 Å². The van der Waals surface area contributed by atoms with Crippen molar-refractivity contribution >= 4 is 11.3 Å². The van der Waals surface area contributed by atoms with Crippen molar-refractivity contribution in [3.63, 3.8) is 0 Å². The third kappa shape index (κ3) is 1.90. The van der Waals surface area contributed by atoms with Crippen LogP contribution in [0.2, 0.25) is 0 Å². The molecule has 2 heteroatoms. The van der Waals surface area contributed by atoms with E-state index in [-0.39, 0.29) is 0 Å². The first kappa shape index (κ1) is 11.9. The lowest BCUT2D eigenvalue weighted by Crippen LogP contribution is -2.26. The van der Waals surface area contributed by atoms with Gasteiger partial charge >= 0.3 is 0 Å². The molecular weight excluding hydrogens is 240 g/mol. The van der Waals surface area contributed by atoms with Gasteiger partial charge in [0.15, 0.2) is 0 Å². The summed E-state index contributed by atoms with van der Waals surface area (Å²) in [5.41, 5.74) is 1.65. The van der Waals surface area contributed by atoms with Crippen molar-refractivity contribution in [1.29, 1.82) is 0 Å². The van der Waals surface area contributed by atoms with Gasteiger partial charge in [0.25, 0.3) is 0 Å². The molecule has 0 aliphatic heterocycles. The Morgan fingerprint density at radius 3 is 2.72 bits per heavy atom. The van der Waals surface area contributed by atoms with Crippen LogP contribution in [0, 0.1) is 6.92 Å². The molecule has 0 spiro atoms. The molecule has 0 radical (unpaired) electrons. The average Bonchev–Trinajstić information content (AvgIpc) is 2.74. The van der Waals surface area contributed by atoms with Gasteiger partial charge in [-0.1, -0.05) is 24.3 Å². The molecule has 1 nitrogen and oxygen atoms in total. The Morgan fingerprint density at radius 1 is 1.11 bits per heavy atom. The van der Waals surface area contributed by atoms with E-state index in [9.17, 15) is 5.11 Å². The van der Waals surface area contributed by atoms with E-state index in [4.69, 9.17) is 0 Å². The minimum absolute atomic E-state index is 0.772. The lowest BCUT2D eigenvalue weighted by atomic mass is 9.86. The predicted molar refractivity (Wildman–Crippen MR) is 76.1 cm³/mol. The highest BCUT2D eigenvalue weighted by Gasteiger charge is 2.35. The third-order valence-corrected chi connectivity index (χ3v) is 5.00. The van der Waals surface area contributed by atoms with E-state index in [2.05, 4.69) is 37.3 Å². The average molecular weight is 258 g/mol. The number of benzene rings is 1. The van der Waals surface area contributed by atoms with Gasteiger partial charge in [0.05, 0.1) is 0 Å². The molecule has 0 bridgehead atoms. The second-order valence-electron chi connectivity index (χ2n) is 5.13. The molecule has 0 amide bonds. The molecule has 1 heterocycles. The Labute approximate surface area is 112 Å². The summed E-state index contributed by atoms with van der Waals surface area (Å²) in [4.78, 5) is 2.36. The van der Waals surface area contributed by atoms with Crippen LogP contribution in [0.3, 0.4) is 0 Å². The number of hydrogen-bond acceptors (Lipinski definition) is 2. The van der Waals surface area contributed by atoms with Gasteiger partial charge in [-0.25, -0.2) is 0 Å². The fourth-order valence-electron chi connectivity index (χ4n) is 2.89. The van der Waals surface area contributed by atoms with Crippen LogP contribution in [0.5, 0.6) is 0 Å². The lowest BCUT2D eigenvalue weighted by molar-refractivity contribution is 0.0742. The summed E-state index contributed by atoms with van der Waals surface area (Å²) in [6, 6.07) is 12.6. The van der Waals surface area contributed by atoms with Crippen LogP contribution in [0.15, 0.2) is 36.4 Å². The highest BCUT2D eigenvalue weighted by atomic mass is 32.1. The molecule has 1 aromatic heterocycles. The van der Waals surface area contributed by atoms with Gasteiger partial charge in [-0.05, 0) is 55.9 Å². The first-order valence-electron chi connectivity index (χ1n) is 6.58. The molecule has 0 fully saturated rings. The Hall–Kier alpha value is -1.12. The summed E-state index contributed by atoms with van der Waals surface area (Å²) in [6.45, 7) is 2.10. The third-order valence-electron chi connectivity index (χ3n) is 3.85. The number of fused-ring (bicyclic) bond motifs is 1. The van der Waals surface area contributed by atoms with Crippen molar-refractivity contribution in [2.75, 3.05) is 0 Å². The maximum absolute atomic E-state index is 11.2. The molecule has 3 rings (SSSR count). The second kappa shape index (κ2) is 4.52. The van der Waals surface area contributed by atoms with Crippen LogP contribution in [-0.4, -0.2) is 5.11 Å². The molecule has 1 aromatic carbocycles. The summed E-state index contributed by atoms with van der Waals surface area (Å²) in [6.07, 6.45) is 4.18. The van der Waals surface area contributed by atoms with Crippen molar-refractivity contribution in [2.24, 2.45) is 0 Å². The van der Waals surface area contributed by atoms with Gasteiger partial charge in [0, 0.05) is 9.75 Å². The molecule has 1 aliphatic rings. The van der Waals surface area contributed by atoms with Gasteiger partial charge in [-0.3, -0.25) is 0 Å². The van der Waals surface area contributed by atoms with Crippen LogP contribution in [0.25, 0.3) is 0 Å². The molecule has 0 saturated carbocycles. The molecule has 18 heavy (non-hydrogen) atoms. The Bertz CT molecular complexity index is 558. The quantitative estimate of drug-likeness (QED) is 0.766. The van der Waals surface area contributed by atoms with E-state index < -0.39 is 5.60 Å². The van der Waals surface area contributed by atoms with Gasteiger partial charge < -0.3 is 5.11 Å². The fourth-order valence-corrected chi connectivity index (χ4v) is 3.89. The zero-order chi connectivity index (χ0) is 12.6. The number of rotatable bonds is 1. The van der Waals surface area contributed by atoms with Crippen LogP contribution in [0.1, 0.15) is 40.1 Å². The first-order valence-corrected chi connectivity index (χ1v) is 7.39. The first-order chi connectivity index (χ1) is 8.70. The zero-order valence-electron chi connectivity index (χ0n) is 10.6. The monoisotopic (exact) mass is 258 g/mol. The predicted octanol–water partition coefficient (Wildman–Crippen LogP) is 4.02. The normalized spacial score (nSPS) is 23.4. The largest absolute Gasteiger partial charge is 0.380 e. The van der Waals surface area contributed by atoms with E-state index in [1.807, 2.05) is 6.07 Å². The van der Waals surface area contributed by atoms with Crippen molar-refractivity contribution in [3.8, 4) is 0 Å². The van der Waals surface area contributed by atoms with Gasteiger partial charge in [-0.2, -0.15) is 0 Å². The Balaban J connectivity index is 2.16. The Morgan fingerprint density at radius 2 is 1.94 bits per heavy atom. The zero-order valence-corrected chi connectivity index (χ0v) is 11.5. The Kier molecular flexibility index (Phi) is 3.00. The van der Waals surface area contributed by atoms with Crippen LogP contribution in [0.4, 0.5) is 0 Å². The summed E-state index contributed by atoms with van der Waals surface area (Å²) < 4.78 is 0. The van der Waals surface area contributed by atoms with Crippen molar-refractivity contribution in [2.45, 2.75) is 38.2 Å². The van der Waals surface area contributed by atoms with Crippen LogP contribution < -0.4 is 0 Å². The fraction of sp³-hybridized carbons (Fsp3) is 0.375. The summed E-state index contributed by atoms with van der Waals surface area (Å²) >= 11 is 1.72. The number of hydrogen-bond donors (Lipinski definition) is 1. The molecule has 1 aliphatic carbocycles. The summed E-state index contributed by atoms with van der Waals surface area (Å²) in [5.74, 6) is 0. The molecule has 2 aromatic rings.